The van der Waals surface area contributed by atoms with Gasteiger partial charge in [-0.05, 0) is 44.9 Å². The van der Waals surface area contributed by atoms with Crippen LogP contribution in [0, 0.1) is 0 Å². The lowest BCUT2D eigenvalue weighted by atomic mass is 9.99. The van der Waals surface area contributed by atoms with Crippen LogP contribution >= 0.6 is 0 Å². The smallest absolute Gasteiger partial charge is 0.220 e. The Hall–Kier alpha value is -1.59. The van der Waals surface area contributed by atoms with Crippen molar-refractivity contribution in [2.45, 2.75) is 249 Å². The highest BCUT2D eigenvalue weighted by atomic mass is 16.7. The van der Waals surface area contributed by atoms with E-state index in [4.69, 9.17) is 9.47 Å². The Bertz CT molecular complexity index is 987. The Kier molecular flexibility index (Phi) is 36.2. The first-order valence-electron chi connectivity index (χ1n) is 23.7. The number of unbranched alkanes of at least 4 members (excludes halogenated alkanes) is 25. The number of carbonyl (C=O) groups is 1. The van der Waals surface area contributed by atoms with Crippen molar-refractivity contribution in [3.8, 4) is 0 Å². The highest BCUT2D eigenvalue weighted by Crippen LogP contribution is 2.22. The number of ether oxygens (including phenoxy) is 2. The third-order valence-electron chi connectivity index (χ3n) is 11.2. The fourth-order valence-electron chi connectivity index (χ4n) is 7.36. The van der Waals surface area contributed by atoms with E-state index in [0.29, 0.717) is 6.42 Å². The molecule has 0 aromatic heterocycles. The quantitative estimate of drug-likeness (QED) is 0.0266. The second-order valence-corrected chi connectivity index (χ2v) is 16.5. The minimum absolute atomic E-state index is 0.192. The summed E-state index contributed by atoms with van der Waals surface area (Å²) in [6.07, 6.45) is 40.6. The molecule has 1 aliphatic rings. The van der Waals surface area contributed by atoms with Crippen LogP contribution in [-0.4, -0.2) is 87.5 Å². The molecule has 9 nitrogen and oxygen atoms in total. The molecule has 7 atom stereocenters. The molecule has 0 bridgehead atoms. The molecule has 7 unspecified atom stereocenters. The number of aliphatic hydroxyl groups is 5. The number of allylic oxidation sites excluding steroid dienone is 5. The van der Waals surface area contributed by atoms with Gasteiger partial charge in [0.2, 0.25) is 5.91 Å². The van der Waals surface area contributed by atoms with Gasteiger partial charge in [-0.1, -0.05) is 192 Å². The van der Waals surface area contributed by atoms with E-state index in [-0.39, 0.29) is 12.5 Å². The van der Waals surface area contributed by atoms with E-state index in [1.54, 1.807) is 6.08 Å². The van der Waals surface area contributed by atoms with Gasteiger partial charge < -0.3 is 40.3 Å². The van der Waals surface area contributed by atoms with Crippen LogP contribution in [0.3, 0.4) is 0 Å². The van der Waals surface area contributed by atoms with Gasteiger partial charge in [0.1, 0.15) is 24.4 Å². The van der Waals surface area contributed by atoms with Crippen LogP contribution in [-0.2, 0) is 14.3 Å². The number of hydrogen-bond acceptors (Lipinski definition) is 8. The lowest BCUT2D eigenvalue weighted by Crippen LogP contribution is -2.60. The summed E-state index contributed by atoms with van der Waals surface area (Å²) in [5.41, 5.74) is 0. The van der Waals surface area contributed by atoms with E-state index < -0.39 is 49.5 Å². The highest BCUT2D eigenvalue weighted by molar-refractivity contribution is 5.76. The van der Waals surface area contributed by atoms with E-state index in [0.717, 1.165) is 44.9 Å². The van der Waals surface area contributed by atoms with Gasteiger partial charge in [-0.3, -0.25) is 4.79 Å². The van der Waals surface area contributed by atoms with Gasteiger partial charge in [-0.2, -0.15) is 0 Å². The highest BCUT2D eigenvalue weighted by Gasteiger charge is 2.44. The van der Waals surface area contributed by atoms with Crippen molar-refractivity contribution in [2.75, 3.05) is 13.2 Å². The molecule has 0 radical (unpaired) electrons. The summed E-state index contributed by atoms with van der Waals surface area (Å²) in [5, 5.41) is 54.1. The zero-order valence-corrected chi connectivity index (χ0v) is 36.6. The summed E-state index contributed by atoms with van der Waals surface area (Å²) in [7, 11) is 0. The molecule has 1 aliphatic heterocycles. The maximum atomic E-state index is 12.9. The van der Waals surface area contributed by atoms with Crippen LogP contribution < -0.4 is 5.32 Å². The molecule has 57 heavy (non-hydrogen) atoms. The first kappa shape index (κ1) is 53.4. The van der Waals surface area contributed by atoms with Crippen LogP contribution in [0.4, 0.5) is 0 Å². The van der Waals surface area contributed by atoms with Crippen molar-refractivity contribution in [1.29, 1.82) is 0 Å². The van der Waals surface area contributed by atoms with Crippen LogP contribution in [0.2, 0.25) is 0 Å². The van der Waals surface area contributed by atoms with Crippen molar-refractivity contribution in [1.82, 2.24) is 5.32 Å². The molecule has 334 valence electrons. The number of carbonyl (C=O) groups excluding carboxylic acids is 1. The first-order chi connectivity index (χ1) is 27.8. The molecular weight excluding hydrogens is 719 g/mol. The molecule has 0 aromatic rings. The lowest BCUT2D eigenvalue weighted by Gasteiger charge is -2.40. The van der Waals surface area contributed by atoms with Gasteiger partial charge in [-0.25, -0.2) is 0 Å². The van der Waals surface area contributed by atoms with E-state index in [9.17, 15) is 30.3 Å². The van der Waals surface area contributed by atoms with Gasteiger partial charge >= 0.3 is 0 Å². The zero-order chi connectivity index (χ0) is 41.6. The molecule has 0 spiro atoms. The topological polar surface area (TPSA) is 149 Å². The van der Waals surface area contributed by atoms with E-state index in [1.807, 2.05) is 6.08 Å². The SMILES string of the molecule is CCCCCCCCCCCCCCC/C=C/CC/C=C/CC/C=C/C(O)C(COC1OC(CO)C(O)C(O)C1O)NC(=O)CCCCCCCCCCCCC. The average Bonchev–Trinajstić information content (AvgIpc) is 3.21. The monoisotopic (exact) mass is 808 g/mol. The molecule has 0 aromatic carbocycles. The molecule has 0 saturated carbocycles. The average molecular weight is 808 g/mol. The van der Waals surface area contributed by atoms with Crippen molar-refractivity contribution in [2.24, 2.45) is 0 Å². The second kappa shape index (κ2) is 38.6. The minimum Gasteiger partial charge on any atom is -0.394 e. The molecule has 1 saturated heterocycles. The fraction of sp³-hybridized carbons (Fsp3) is 0.854. The van der Waals surface area contributed by atoms with Gasteiger partial charge in [-0.15, -0.1) is 0 Å². The first-order valence-corrected chi connectivity index (χ1v) is 23.7. The Balaban J connectivity index is 2.34. The van der Waals surface area contributed by atoms with Crippen LogP contribution in [0.25, 0.3) is 0 Å². The number of amides is 1. The van der Waals surface area contributed by atoms with Gasteiger partial charge in [0.15, 0.2) is 6.29 Å². The minimum atomic E-state index is -1.57. The van der Waals surface area contributed by atoms with E-state index >= 15 is 0 Å². The van der Waals surface area contributed by atoms with Crippen molar-refractivity contribution in [3.05, 3.63) is 36.5 Å². The summed E-state index contributed by atoms with van der Waals surface area (Å²) in [5.74, 6) is -0.192. The maximum Gasteiger partial charge on any atom is 0.220 e. The molecule has 1 amide bonds. The molecule has 0 aliphatic carbocycles. The molecular formula is C48H89NO8. The molecule has 1 rings (SSSR count). The summed E-state index contributed by atoms with van der Waals surface area (Å²) in [6, 6.07) is -0.823. The van der Waals surface area contributed by atoms with Crippen LogP contribution in [0.15, 0.2) is 36.5 Å². The lowest BCUT2D eigenvalue weighted by molar-refractivity contribution is -0.302. The second-order valence-electron chi connectivity index (χ2n) is 16.5. The third-order valence-corrected chi connectivity index (χ3v) is 11.2. The van der Waals surface area contributed by atoms with Gasteiger partial charge in [0, 0.05) is 6.42 Å². The Morgan fingerprint density at radius 2 is 1.00 bits per heavy atom. The number of nitrogens with one attached hydrogen (secondary N) is 1. The molecule has 1 fully saturated rings. The maximum absolute atomic E-state index is 12.9. The normalized spacial score (nSPS) is 21.3. The fourth-order valence-corrected chi connectivity index (χ4v) is 7.36. The van der Waals surface area contributed by atoms with Crippen LogP contribution in [0.1, 0.15) is 206 Å². The van der Waals surface area contributed by atoms with E-state index in [2.05, 4.69) is 43.5 Å². The largest absolute Gasteiger partial charge is 0.394 e. The Morgan fingerprint density at radius 3 is 1.47 bits per heavy atom. The van der Waals surface area contributed by atoms with Crippen molar-refractivity contribution >= 4 is 5.91 Å². The number of aliphatic hydroxyl groups excluding tert-OH is 5. The van der Waals surface area contributed by atoms with E-state index in [1.165, 1.54) is 141 Å². The number of hydrogen-bond donors (Lipinski definition) is 6. The van der Waals surface area contributed by atoms with Gasteiger partial charge in [0.25, 0.3) is 0 Å². The van der Waals surface area contributed by atoms with Crippen LogP contribution in [0.5, 0.6) is 0 Å². The van der Waals surface area contributed by atoms with Crippen molar-refractivity contribution in [3.63, 3.8) is 0 Å². The predicted molar refractivity (Wildman–Crippen MR) is 235 cm³/mol. The Labute approximate surface area is 349 Å². The summed E-state index contributed by atoms with van der Waals surface area (Å²) < 4.78 is 11.2. The third kappa shape index (κ3) is 29.3. The summed E-state index contributed by atoms with van der Waals surface area (Å²) in [6.45, 7) is 3.74. The molecule has 1 heterocycles. The van der Waals surface area contributed by atoms with Crippen molar-refractivity contribution < 1.29 is 39.8 Å². The standard InChI is InChI=1S/C48H89NO8/c1-3-5-7-9-11-13-15-16-17-18-19-20-21-22-23-24-25-26-28-29-31-33-35-37-42(51)41(40-56-48-47(55)46(54)45(53)43(39-50)57-48)49-44(52)38-36-34-32-30-27-14-12-10-8-6-4-2/h23-24,28-29,35,37,41-43,45-48,50-51,53-55H,3-22,25-27,30-34,36,38-40H2,1-2H3,(H,49,52)/b24-23+,29-28+,37-35+. The summed E-state index contributed by atoms with van der Waals surface area (Å²) >= 11 is 0. The molecule has 9 heteroatoms. The Morgan fingerprint density at radius 1 is 0.579 bits per heavy atom. The van der Waals surface area contributed by atoms with Gasteiger partial charge in [0.05, 0.1) is 25.4 Å². The number of rotatable bonds is 39. The zero-order valence-electron chi connectivity index (χ0n) is 36.6. The predicted octanol–water partition coefficient (Wildman–Crippen LogP) is 10.1. The summed E-state index contributed by atoms with van der Waals surface area (Å²) in [4.78, 5) is 12.9. The molecule has 6 N–H and O–H groups in total.